The fraction of sp³-hybridized carbons (Fsp3) is 0.846. The third-order valence-electron chi connectivity index (χ3n) is 3.08. The third kappa shape index (κ3) is 6.99. The van der Waals surface area contributed by atoms with Gasteiger partial charge in [-0.05, 0) is 51.2 Å². The van der Waals surface area contributed by atoms with Gasteiger partial charge in [0, 0.05) is 13.2 Å². The average molecular weight is 226 g/mol. The molecule has 16 heavy (non-hydrogen) atoms. The average Bonchev–Trinajstić information content (AvgIpc) is 2.34. The lowest BCUT2D eigenvalue weighted by molar-refractivity contribution is 0.117. The first-order chi connectivity index (χ1) is 7.93. The second-order valence-electron chi connectivity index (χ2n) is 4.42. The molecule has 3 nitrogen and oxygen atoms in total. The quantitative estimate of drug-likeness (QED) is 0.462. The lowest BCUT2D eigenvalue weighted by Gasteiger charge is -2.22. The molecule has 1 heterocycles. The van der Waals surface area contributed by atoms with Crippen molar-refractivity contribution in [2.75, 3.05) is 39.4 Å². The normalized spacial score (nSPS) is 17.5. The predicted octanol–water partition coefficient (Wildman–Crippen LogP) is 1.56. The number of ether oxygens (including phenoxy) is 1. The van der Waals surface area contributed by atoms with Gasteiger partial charge in [-0.2, -0.15) is 0 Å². The van der Waals surface area contributed by atoms with Gasteiger partial charge in [0.1, 0.15) is 0 Å². The molecule has 0 spiro atoms. The zero-order valence-corrected chi connectivity index (χ0v) is 10.3. The summed E-state index contributed by atoms with van der Waals surface area (Å²) in [6, 6.07) is 0. The van der Waals surface area contributed by atoms with Crippen LogP contribution in [0.4, 0.5) is 0 Å². The molecule has 1 rings (SSSR count). The van der Waals surface area contributed by atoms with Crippen molar-refractivity contribution >= 4 is 0 Å². The molecule has 0 atom stereocenters. The summed E-state index contributed by atoms with van der Waals surface area (Å²) in [6.45, 7) is 9.79. The van der Waals surface area contributed by atoms with E-state index in [1.165, 1.54) is 32.4 Å². The zero-order chi connectivity index (χ0) is 11.5. The smallest absolute Gasteiger partial charge is 0.0590 e. The van der Waals surface area contributed by atoms with Crippen LogP contribution in [0.3, 0.4) is 0 Å². The van der Waals surface area contributed by atoms with E-state index in [1.807, 2.05) is 6.08 Å². The van der Waals surface area contributed by atoms with E-state index in [0.29, 0.717) is 0 Å². The minimum absolute atomic E-state index is 0.835. The predicted molar refractivity (Wildman–Crippen MR) is 68.7 cm³/mol. The Bertz CT molecular complexity index is 167. The molecule has 0 aromatic carbocycles. The van der Waals surface area contributed by atoms with Crippen molar-refractivity contribution in [1.29, 1.82) is 0 Å². The standard InChI is InChI=1S/C13H26N2O/c1-2-3-7-14-10-12-16-11-6-13-4-8-15-9-5-13/h2,13-15H,1,3-12H2. The third-order valence-corrected chi connectivity index (χ3v) is 3.08. The van der Waals surface area contributed by atoms with Crippen molar-refractivity contribution in [3.8, 4) is 0 Å². The Balaban J connectivity index is 1.78. The molecule has 1 aliphatic rings. The summed E-state index contributed by atoms with van der Waals surface area (Å²) in [4.78, 5) is 0. The first-order valence-electron chi connectivity index (χ1n) is 6.53. The maximum Gasteiger partial charge on any atom is 0.0590 e. The van der Waals surface area contributed by atoms with E-state index in [-0.39, 0.29) is 0 Å². The van der Waals surface area contributed by atoms with Gasteiger partial charge in [0.15, 0.2) is 0 Å². The van der Waals surface area contributed by atoms with Gasteiger partial charge in [0.25, 0.3) is 0 Å². The van der Waals surface area contributed by atoms with Crippen LogP contribution in [-0.4, -0.2) is 39.4 Å². The summed E-state index contributed by atoms with van der Waals surface area (Å²) in [6.07, 6.45) is 6.84. The Labute approximate surface area is 99.6 Å². The Morgan fingerprint density at radius 1 is 1.25 bits per heavy atom. The van der Waals surface area contributed by atoms with Crippen molar-refractivity contribution in [1.82, 2.24) is 10.6 Å². The number of hydrogen-bond donors (Lipinski definition) is 2. The minimum atomic E-state index is 0.835. The zero-order valence-electron chi connectivity index (χ0n) is 10.3. The molecule has 1 fully saturated rings. The Morgan fingerprint density at radius 3 is 2.81 bits per heavy atom. The Kier molecular flexibility index (Phi) is 8.40. The topological polar surface area (TPSA) is 33.3 Å². The van der Waals surface area contributed by atoms with E-state index >= 15 is 0 Å². The van der Waals surface area contributed by atoms with E-state index in [4.69, 9.17) is 4.74 Å². The molecule has 0 aromatic heterocycles. The van der Waals surface area contributed by atoms with E-state index in [1.54, 1.807) is 0 Å². The van der Waals surface area contributed by atoms with E-state index in [2.05, 4.69) is 17.2 Å². The van der Waals surface area contributed by atoms with Crippen LogP contribution in [-0.2, 0) is 4.74 Å². The second kappa shape index (κ2) is 9.82. The van der Waals surface area contributed by atoms with Crippen molar-refractivity contribution in [3.63, 3.8) is 0 Å². The molecule has 94 valence electrons. The molecule has 1 aliphatic heterocycles. The summed E-state index contributed by atoms with van der Waals surface area (Å²) in [5.74, 6) is 0.884. The fourth-order valence-electron chi connectivity index (χ4n) is 2.00. The van der Waals surface area contributed by atoms with Gasteiger partial charge in [-0.25, -0.2) is 0 Å². The van der Waals surface area contributed by atoms with Crippen LogP contribution in [0, 0.1) is 5.92 Å². The van der Waals surface area contributed by atoms with Gasteiger partial charge in [-0.15, -0.1) is 6.58 Å². The monoisotopic (exact) mass is 226 g/mol. The summed E-state index contributed by atoms with van der Waals surface area (Å²) < 4.78 is 5.61. The van der Waals surface area contributed by atoms with Crippen LogP contribution in [0.1, 0.15) is 25.7 Å². The molecule has 1 saturated heterocycles. The van der Waals surface area contributed by atoms with E-state index < -0.39 is 0 Å². The molecule has 2 N–H and O–H groups in total. The molecule has 0 amide bonds. The van der Waals surface area contributed by atoms with Crippen LogP contribution in [0.15, 0.2) is 12.7 Å². The summed E-state index contributed by atoms with van der Waals surface area (Å²) in [5, 5.41) is 6.70. The molecule has 0 saturated carbocycles. The summed E-state index contributed by atoms with van der Waals surface area (Å²) in [5.41, 5.74) is 0. The van der Waals surface area contributed by atoms with Gasteiger partial charge in [-0.3, -0.25) is 0 Å². The molecule has 0 aliphatic carbocycles. The molecule has 0 radical (unpaired) electrons. The van der Waals surface area contributed by atoms with Crippen molar-refractivity contribution in [2.24, 2.45) is 5.92 Å². The molecule has 0 aromatic rings. The van der Waals surface area contributed by atoms with Gasteiger partial charge in [0.2, 0.25) is 0 Å². The highest BCUT2D eigenvalue weighted by atomic mass is 16.5. The largest absolute Gasteiger partial charge is 0.380 e. The maximum atomic E-state index is 5.61. The molecule has 3 heteroatoms. The van der Waals surface area contributed by atoms with Crippen LogP contribution in [0.2, 0.25) is 0 Å². The summed E-state index contributed by atoms with van der Waals surface area (Å²) in [7, 11) is 0. The van der Waals surface area contributed by atoms with Gasteiger partial charge >= 0.3 is 0 Å². The maximum absolute atomic E-state index is 5.61. The summed E-state index contributed by atoms with van der Waals surface area (Å²) >= 11 is 0. The first-order valence-corrected chi connectivity index (χ1v) is 6.53. The van der Waals surface area contributed by atoms with E-state index in [0.717, 1.165) is 38.6 Å². The molecular weight excluding hydrogens is 200 g/mol. The van der Waals surface area contributed by atoms with Gasteiger partial charge in [0.05, 0.1) is 6.61 Å². The first kappa shape index (κ1) is 13.7. The number of rotatable bonds is 9. The minimum Gasteiger partial charge on any atom is -0.380 e. The van der Waals surface area contributed by atoms with Gasteiger partial charge in [-0.1, -0.05) is 6.08 Å². The Morgan fingerprint density at radius 2 is 2.06 bits per heavy atom. The Hall–Kier alpha value is -0.380. The molecular formula is C13H26N2O. The number of nitrogens with one attached hydrogen (secondary N) is 2. The molecule has 0 unspecified atom stereocenters. The highest BCUT2D eigenvalue weighted by Crippen LogP contribution is 2.15. The highest BCUT2D eigenvalue weighted by molar-refractivity contribution is 4.68. The SMILES string of the molecule is C=CCCNCCOCCC1CCNCC1. The van der Waals surface area contributed by atoms with Crippen LogP contribution < -0.4 is 10.6 Å². The van der Waals surface area contributed by atoms with Crippen LogP contribution in [0.5, 0.6) is 0 Å². The van der Waals surface area contributed by atoms with E-state index in [9.17, 15) is 0 Å². The number of piperidine rings is 1. The molecule has 0 bridgehead atoms. The van der Waals surface area contributed by atoms with Gasteiger partial charge < -0.3 is 15.4 Å². The van der Waals surface area contributed by atoms with Crippen LogP contribution in [0.25, 0.3) is 0 Å². The second-order valence-corrected chi connectivity index (χ2v) is 4.42. The lowest BCUT2D eigenvalue weighted by Crippen LogP contribution is -2.28. The van der Waals surface area contributed by atoms with Crippen molar-refractivity contribution in [2.45, 2.75) is 25.7 Å². The van der Waals surface area contributed by atoms with Crippen molar-refractivity contribution < 1.29 is 4.74 Å². The lowest BCUT2D eigenvalue weighted by atomic mass is 9.95. The highest BCUT2D eigenvalue weighted by Gasteiger charge is 2.11. The van der Waals surface area contributed by atoms with Crippen molar-refractivity contribution in [3.05, 3.63) is 12.7 Å². The fourth-order valence-corrected chi connectivity index (χ4v) is 2.00. The van der Waals surface area contributed by atoms with Crippen LogP contribution >= 0.6 is 0 Å². The number of hydrogen-bond acceptors (Lipinski definition) is 3.